The molecule has 2 saturated heterocycles. The van der Waals surface area contributed by atoms with Crippen molar-refractivity contribution in [1.29, 1.82) is 0 Å². The summed E-state index contributed by atoms with van der Waals surface area (Å²) in [4.78, 5) is 0. The number of ether oxygens (including phenoxy) is 1. The van der Waals surface area contributed by atoms with Crippen LogP contribution >= 0.6 is 11.8 Å². The lowest BCUT2D eigenvalue weighted by molar-refractivity contribution is -0.168. The van der Waals surface area contributed by atoms with E-state index in [1.807, 2.05) is 6.92 Å². The van der Waals surface area contributed by atoms with E-state index in [0.29, 0.717) is 0 Å². The fourth-order valence-electron chi connectivity index (χ4n) is 1.89. The summed E-state index contributed by atoms with van der Waals surface area (Å²) in [5, 5.41) is 31.6. The Kier molecular flexibility index (Phi) is 3.01. The molecule has 2 rings (SSSR count). The van der Waals surface area contributed by atoms with Crippen LogP contribution in [0.15, 0.2) is 0 Å². The van der Waals surface area contributed by atoms with E-state index in [4.69, 9.17) is 9.84 Å². The molecule has 0 unspecified atom stereocenters. The van der Waals surface area contributed by atoms with Gasteiger partial charge in [0.25, 0.3) is 0 Å². The number of nitrogens with one attached hydrogen (secondary N) is 1. The van der Waals surface area contributed by atoms with Crippen molar-refractivity contribution in [3.05, 3.63) is 0 Å². The van der Waals surface area contributed by atoms with E-state index in [1.54, 1.807) is 11.8 Å². The van der Waals surface area contributed by atoms with Crippen LogP contribution in [0.2, 0.25) is 0 Å². The van der Waals surface area contributed by atoms with Gasteiger partial charge in [-0.05, 0) is 6.92 Å². The Bertz CT molecular complexity index is 216. The molecule has 4 N–H and O–H groups in total. The van der Waals surface area contributed by atoms with Gasteiger partial charge in [0.15, 0.2) is 0 Å². The van der Waals surface area contributed by atoms with E-state index in [1.165, 1.54) is 0 Å². The van der Waals surface area contributed by atoms with Gasteiger partial charge in [-0.25, -0.2) is 0 Å². The molecule has 0 spiro atoms. The molecule has 0 aliphatic carbocycles. The minimum atomic E-state index is -1.01. The van der Waals surface area contributed by atoms with E-state index in [-0.39, 0.29) is 23.5 Å². The van der Waals surface area contributed by atoms with Crippen LogP contribution in [0.5, 0.6) is 0 Å². The van der Waals surface area contributed by atoms with Gasteiger partial charge in [0.1, 0.15) is 23.7 Å². The first-order valence-electron chi connectivity index (χ1n) is 4.67. The standard InChI is InChI=1S/C8H15NO4S/c1-3-9-5-7(12)6(11)4(2-10)13-8(5)14-3/h3-12H,2H2,1H3/t3-,4+,5+,6-,7+,8+/m0/s1. The molecule has 0 aromatic rings. The highest BCUT2D eigenvalue weighted by Crippen LogP contribution is 2.35. The number of hydrogen-bond acceptors (Lipinski definition) is 6. The first-order chi connectivity index (χ1) is 6.63. The number of thioether (sulfide) groups is 1. The summed E-state index contributed by atoms with van der Waals surface area (Å²) in [6.07, 6.45) is -2.56. The van der Waals surface area contributed by atoms with Crippen LogP contribution in [0.1, 0.15) is 6.92 Å². The Morgan fingerprint density at radius 1 is 1.36 bits per heavy atom. The molecule has 2 aliphatic rings. The smallest absolute Gasteiger partial charge is 0.123 e. The number of rotatable bonds is 1. The molecule has 0 aromatic heterocycles. The molecule has 0 bridgehead atoms. The normalized spacial score (nSPS) is 53.1. The topological polar surface area (TPSA) is 82.0 Å². The van der Waals surface area contributed by atoms with Gasteiger partial charge in [0.05, 0.1) is 18.0 Å². The van der Waals surface area contributed by atoms with Gasteiger partial charge in [-0.3, -0.25) is 5.32 Å². The number of aliphatic hydroxyl groups is 3. The quantitative estimate of drug-likeness (QED) is 0.430. The van der Waals surface area contributed by atoms with Crippen molar-refractivity contribution in [2.24, 2.45) is 0 Å². The van der Waals surface area contributed by atoms with Gasteiger partial charge >= 0.3 is 0 Å². The summed E-state index contributed by atoms with van der Waals surface area (Å²) >= 11 is 1.56. The minimum absolute atomic E-state index is 0.180. The highest BCUT2D eigenvalue weighted by Gasteiger charge is 2.48. The second kappa shape index (κ2) is 3.96. The molecule has 6 heteroatoms. The average molecular weight is 221 g/mol. The van der Waals surface area contributed by atoms with Crippen LogP contribution in [0.3, 0.4) is 0 Å². The van der Waals surface area contributed by atoms with Crippen molar-refractivity contribution in [3.63, 3.8) is 0 Å². The van der Waals surface area contributed by atoms with Gasteiger partial charge in [-0.2, -0.15) is 0 Å². The molecule has 0 amide bonds. The van der Waals surface area contributed by atoms with Crippen LogP contribution in [0, 0.1) is 0 Å². The van der Waals surface area contributed by atoms with Gasteiger partial charge in [0.2, 0.25) is 0 Å². The second-order valence-electron chi connectivity index (χ2n) is 3.68. The molecular formula is C8H15NO4S. The van der Waals surface area contributed by atoms with Crippen molar-refractivity contribution < 1.29 is 20.1 Å². The van der Waals surface area contributed by atoms with Crippen molar-refractivity contribution in [2.75, 3.05) is 6.61 Å². The van der Waals surface area contributed by atoms with Crippen LogP contribution < -0.4 is 5.32 Å². The molecule has 0 radical (unpaired) electrons. The third kappa shape index (κ3) is 1.66. The number of fused-ring (bicyclic) bond motifs is 1. The van der Waals surface area contributed by atoms with Gasteiger partial charge in [-0.15, -0.1) is 11.8 Å². The maximum absolute atomic E-state index is 9.75. The molecule has 0 aromatic carbocycles. The Labute approximate surface area is 86.5 Å². The first-order valence-corrected chi connectivity index (χ1v) is 5.61. The lowest BCUT2D eigenvalue weighted by Gasteiger charge is -2.38. The Morgan fingerprint density at radius 2 is 2.07 bits per heavy atom. The van der Waals surface area contributed by atoms with Crippen LogP contribution in [-0.4, -0.2) is 57.1 Å². The zero-order valence-electron chi connectivity index (χ0n) is 7.83. The summed E-state index contributed by atoms with van der Waals surface area (Å²) < 4.78 is 5.45. The summed E-state index contributed by atoms with van der Waals surface area (Å²) in [6, 6.07) is -0.243. The van der Waals surface area contributed by atoms with E-state index < -0.39 is 18.3 Å². The lowest BCUT2D eigenvalue weighted by atomic mass is 9.98. The summed E-state index contributed by atoms with van der Waals surface area (Å²) in [6.45, 7) is 1.70. The fourth-order valence-corrected chi connectivity index (χ4v) is 3.14. The number of aliphatic hydroxyl groups excluding tert-OH is 3. The third-order valence-corrected chi connectivity index (χ3v) is 3.86. The molecule has 2 fully saturated rings. The predicted molar refractivity (Wildman–Crippen MR) is 51.7 cm³/mol. The van der Waals surface area contributed by atoms with E-state index in [9.17, 15) is 10.2 Å². The third-order valence-electron chi connectivity index (χ3n) is 2.65. The van der Waals surface area contributed by atoms with Crippen molar-refractivity contribution >= 4 is 11.8 Å². The van der Waals surface area contributed by atoms with Crippen LogP contribution in [-0.2, 0) is 4.74 Å². The summed E-state index contributed by atoms with van der Waals surface area (Å²) in [7, 11) is 0. The van der Waals surface area contributed by atoms with Crippen LogP contribution in [0.25, 0.3) is 0 Å². The minimum Gasteiger partial charge on any atom is -0.394 e. The average Bonchev–Trinajstić information content (AvgIpc) is 2.52. The Balaban J connectivity index is 2.09. The van der Waals surface area contributed by atoms with Crippen LogP contribution in [0.4, 0.5) is 0 Å². The molecule has 82 valence electrons. The fraction of sp³-hybridized carbons (Fsp3) is 1.00. The number of hydrogen-bond donors (Lipinski definition) is 4. The van der Waals surface area contributed by atoms with E-state index >= 15 is 0 Å². The highest BCUT2D eigenvalue weighted by molar-refractivity contribution is 8.00. The highest BCUT2D eigenvalue weighted by atomic mass is 32.2. The van der Waals surface area contributed by atoms with E-state index in [2.05, 4.69) is 5.32 Å². The molecular weight excluding hydrogens is 206 g/mol. The largest absolute Gasteiger partial charge is 0.394 e. The Morgan fingerprint density at radius 3 is 2.71 bits per heavy atom. The SMILES string of the molecule is C[C@H]1N[C@@H]2[C@@H](O)[C@@H](O)[C@@H](CO)O[C@@H]2S1. The molecule has 6 atom stereocenters. The molecule has 2 heterocycles. The van der Waals surface area contributed by atoms with Gasteiger partial charge < -0.3 is 20.1 Å². The Hall–Kier alpha value is 0.150. The van der Waals surface area contributed by atoms with Gasteiger partial charge in [0, 0.05) is 0 Å². The first kappa shape index (κ1) is 10.7. The lowest BCUT2D eigenvalue weighted by Crippen LogP contribution is -2.59. The second-order valence-corrected chi connectivity index (χ2v) is 5.12. The monoisotopic (exact) mass is 221 g/mol. The van der Waals surface area contributed by atoms with Gasteiger partial charge in [-0.1, -0.05) is 0 Å². The zero-order chi connectivity index (χ0) is 10.3. The molecule has 14 heavy (non-hydrogen) atoms. The maximum atomic E-state index is 9.75. The summed E-state index contributed by atoms with van der Waals surface area (Å²) in [5.74, 6) is 0. The predicted octanol–water partition coefficient (Wildman–Crippen LogP) is -1.52. The summed E-state index contributed by atoms with van der Waals surface area (Å²) in [5.41, 5.74) is -0.180. The maximum Gasteiger partial charge on any atom is 0.123 e. The molecule has 2 aliphatic heterocycles. The molecule has 0 saturated carbocycles. The zero-order valence-corrected chi connectivity index (χ0v) is 8.65. The van der Waals surface area contributed by atoms with E-state index in [0.717, 1.165) is 0 Å². The van der Waals surface area contributed by atoms with Crippen molar-refractivity contribution in [1.82, 2.24) is 5.32 Å². The molecule has 5 nitrogen and oxygen atoms in total. The van der Waals surface area contributed by atoms with Crippen molar-refractivity contribution in [3.8, 4) is 0 Å². The van der Waals surface area contributed by atoms with Crippen molar-refractivity contribution in [2.45, 2.75) is 42.1 Å².